The Labute approximate surface area is 222 Å². The molecule has 9 nitrogen and oxygen atoms in total. The Balaban J connectivity index is 1.74. The van der Waals surface area contributed by atoms with E-state index in [1.165, 1.54) is 43.5 Å². The van der Waals surface area contributed by atoms with Gasteiger partial charge in [-0.05, 0) is 66.7 Å². The number of nitrogens with one attached hydrogen (secondary N) is 2. The van der Waals surface area contributed by atoms with Gasteiger partial charge in [0, 0.05) is 11.4 Å². The van der Waals surface area contributed by atoms with Gasteiger partial charge in [-0.2, -0.15) is 13.2 Å². The number of hydrogen-bond acceptors (Lipinski definition) is 6. The van der Waals surface area contributed by atoms with Crippen LogP contribution in [0.4, 0.5) is 30.2 Å². The largest absolute Gasteiger partial charge is 0.497 e. The van der Waals surface area contributed by atoms with E-state index in [1.807, 2.05) is 0 Å². The number of nitrogens with zero attached hydrogens (tertiary/aromatic N) is 1. The van der Waals surface area contributed by atoms with Crippen LogP contribution in [0.15, 0.2) is 71.6 Å². The topological polar surface area (TPSA) is 122 Å². The molecule has 0 heterocycles. The highest BCUT2D eigenvalue weighted by atomic mass is 35.5. The van der Waals surface area contributed by atoms with E-state index < -0.39 is 54.9 Å². The van der Waals surface area contributed by atoms with Crippen LogP contribution < -0.4 is 19.1 Å². The maximum Gasteiger partial charge on any atom is 0.417 e. The smallest absolute Gasteiger partial charge is 0.417 e. The Morgan fingerprint density at radius 1 is 0.947 bits per heavy atom. The highest BCUT2D eigenvalue weighted by molar-refractivity contribution is 7.92. The second kappa shape index (κ2) is 11.1. The highest BCUT2D eigenvalue weighted by Gasteiger charge is 2.34. The number of sulfonamides is 2. The molecule has 0 atom stereocenters. The second-order valence-corrected chi connectivity index (χ2v) is 11.8. The van der Waals surface area contributed by atoms with Crippen molar-refractivity contribution in [3.05, 3.63) is 77.3 Å². The van der Waals surface area contributed by atoms with Crippen LogP contribution in [0.5, 0.6) is 5.75 Å². The molecule has 204 valence electrons. The first-order valence-electron chi connectivity index (χ1n) is 10.5. The zero-order chi connectivity index (χ0) is 28.3. The quantitative estimate of drug-likeness (QED) is 0.376. The number of amides is 1. The molecule has 0 aliphatic rings. The number of rotatable bonds is 9. The second-order valence-electron chi connectivity index (χ2n) is 7.84. The van der Waals surface area contributed by atoms with E-state index >= 15 is 0 Å². The molecule has 2 N–H and O–H groups in total. The Kier molecular flexibility index (Phi) is 8.48. The van der Waals surface area contributed by atoms with Gasteiger partial charge in [-0.15, -0.1) is 0 Å². The van der Waals surface area contributed by atoms with Gasteiger partial charge < -0.3 is 10.1 Å². The fourth-order valence-corrected chi connectivity index (χ4v) is 5.34. The summed E-state index contributed by atoms with van der Waals surface area (Å²) in [7, 11) is -6.67. The Hall–Kier alpha value is -3.49. The van der Waals surface area contributed by atoms with Gasteiger partial charge in [0.25, 0.3) is 10.0 Å². The monoisotopic (exact) mass is 591 g/mol. The van der Waals surface area contributed by atoms with Gasteiger partial charge in [-0.1, -0.05) is 11.6 Å². The number of alkyl halides is 3. The lowest BCUT2D eigenvalue weighted by Crippen LogP contribution is -2.37. The average molecular weight is 592 g/mol. The molecule has 0 radical (unpaired) electrons. The first-order valence-corrected chi connectivity index (χ1v) is 14.2. The fourth-order valence-electron chi connectivity index (χ4n) is 3.21. The maximum atomic E-state index is 13.2. The van der Waals surface area contributed by atoms with Crippen molar-refractivity contribution in [2.24, 2.45) is 0 Å². The van der Waals surface area contributed by atoms with Crippen molar-refractivity contribution in [2.45, 2.75) is 11.1 Å². The molecule has 38 heavy (non-hydrogen) atoms. The highest BCUT2D eigenvalue weighted by Crippen LogP contribution is 2.37. The minimum atomic E-state index is -4.84. The molecular weight excluding hydrogens is 571 g/mol. The molecule has 3 aromatic rings. The van der Waals surface area contributed by atoms with Gasteiger partial charge >= 0.3 is 6.18 Å². The van der Waals surface area contributed by atoms with Crippen LogP contribution in [0.2, 0.25) is 5.02 Å². The lowest BCUT2D eigenvalue weighted by Gasteiger charge is -2.23. The Bertz CT molecular complexity index is 1530. The molecule has 0 bridgehead atoms. The summed E-state index contributed by atoms with van der Waals surface area (Å²) < 4.78 is 97.4. The lowest BCUT2D eigenvalue weighted by atomic mass is 10.2. The third-order valence-corrected chi connectivity index (χ3v) is 7.89. The minimum Gasteiger partial charge on any atom is -0.497 e. The summed E-state index contributed by atoms with van der Waals surface area (Å²) in [5.74, 6) is -0.342. The van der Waals surface area contributed by atoms with Crippen LogP contribution in [0.1, 0.15) is 5.56 Å². The molecule has 1 amide bonds. The lowest BCUT2D eigenvalue weighted by molar-refractivity contribution is -0.137. The zero-order valence-electron chi connectivity index (χ0n) is 19.8. The summed E-state index contributed by atoms with van der Waals surface area (Å²) in [5.41, 5.74) is -1.25. The maximum absolute atomic E-state index is 13.2. The van der Waals surface area contributed by atoms with E-state index in [1.54, 1.807) is 12.1 Å². The van der Waals surface area contributed by atoms with E-state index in [-0.39, 0.29) is 10.6 Å². The van der Waals surface area contributed by atoms with Gasteiger partial charge in [0.05, 0.1) is 34.5 Å². The fraction of sp³-hybridized carbons (Fsp3) is 0.174. The number of methoxy groups -OCH3 is 1. The number of halogens is 4. The molecule has 0 fully saturated rings. The SMILES string of the molecule is COc1ccc(NS(=O)(=O)c2ccc(NC(=O)CN(c3ccc(Cl)c(C(F)(F)F)c3)S(C)(=O)=O)cc2)cc1. The third-order valence-electron chi connectivity index (χ3n) is 5.02. The first kappa shape index (κ1) is 29.1. The van der Waals surface area contributed by atoms with Crippen molar-refractivity contribution in [1.29, 1.82) is 0 Å². The minimum absolute atomic E-state index is 0.120. The Morgan fingerprint density at radius 3 is 2.05 bits per heavy atom. The van der Waals surface area contributed by atoms with Crippen molar-refractivity contribution in [3.8, 4) is 5.75 Å². The number of carbonyl (C=O) groups excluding carboxylic acids is 1. The predicted molar refractivity (Wildman–Crippen MR) is 138 cm³/mol. The van der Waals surface area contributed by atoms with Gasteiger partial charge in [0.2, 0.25) is 15.9 Å². The van der Waals surface area contributed by atoms with Crippen LogP contribution in [0.3, 0.4) is 0 Å². The number of hydrogen-bond donors (Lipinski definition) is 2. The van der Waals surface area contributed by atoms with Crippen molar-refractivity contribution < 1.29 is 39.5 Å². The van der Waals surface area contributed by atoms with E-state index in [0.717, 1.165) is 18.4 Å². The predicted octanol–water partition coefficient (Wildman–Crippen LogP) is 4.57. The van der Waals surface area contributed by atoms with Crippen LogP contribution in [-0.4, -0.2) is 42.7 Å². The van der Waals surface area contributed by atoms with Crippen LogP contribution in [-0.2, 0) is 31.0 Å². The molecule has 15 heteroatoms. The molecule has 0 saturated carbocycles. The van der Waals surface area contributed by atoms with Gasteiger partial charge in [0.15, 0.2) is 0 Å². The Morgan fingerprint density at radius 2 is 1.53 bits per heavy atom. The normalized spacial score (nSPS) is 12.1. The molecule has 0 aliphatic carbocycles. The van der Waals surface area contributed by atoms with E-state index in [0.29, 0.717) is 21.8 Å². The van der Waals surface area contributed by atoms with E-state index in [2.05, 4.69) is 10.0 Å². The van der Waals surface area contributed by atoms with Crippen molar-refractivity contribution in [2.75, 3.05) is 34.3 Å². The van der Waals surface area contributed by atoms with E-state index in [9.17, 15) is 34.8 Å². The van der Waals surface area contributed by atoms with Crippen LogP contribution in [0, 0.1) is 0 Å². The number of carbonyl (C=O) groups is 1. The van der Waals surface area contributed by atoms with Gasteiger partial charge in [-0.3, -0.25) is 13.8 Å². The molecule has 0 unspecified atom stereocenters. The molecule has 3 rings (SSSR count). The summed E-state index contributed by atoms with van der Waals surface area (Å²) in [6.45, 7) is -0.850. The average Bonchev–Trinajstić information content (AvgIpc) is 2.82. The number of anilines is 3. The van der Waals surface area contributed by atoms with Crippen molar-refractivity contribution in [1.82, 2.24) is 0 Å². The molecule has 0 saturated heterocycles. The summed E-state index contributed by atoms with van der Waals surface area (Å²) in [6, 6.07) is 13.6. The third kappa shape index (κ3) is 7.30. The summed E-state index contributed by atoms with van der Waals surface area (Å²) in [6.07, 6.45) is -4.11. The molecule has 3 aromatic carbocycles. The molecular formula is C23H21ClF3N3O6S2. The number of ether oxygens (including phenoxy) is 1. The van der Waals surface area contributed by atoms with E-state index in [4.69, 9.17) is 16.3 Å². The van der Waals surface area contributed by atoms with Crippen molar-refractivity contribution in [3.63, 3.8) is 0 Å². The standard InChI is InChI=1S/C23H21ClF3N3O6S2/c1-36-18-8-3-16(4-9-18)29-38(34,35)19-10-5-15(6-11-19)28-22(31)14-30(37(2,32)33)17-7-12-21(24)20(13-17)23(25,26)27/h3-13,29H,14H2,1-2H3,(H,28,31). The number of benzene rings is 3. The first-order chi connectivity index (χ1) is 17.6. The molecule has 0 spiro atoms. The van der Waals surface area contributed by atoms with Crippen LogP contribution >= 0.6 is 11.6 Å². The summed E-state index contributed by atoms with van der Waals surface area (Å²) >= 11 is 5.60. The molecule has 0 aromatic heterocycles. The summed E-state index contributed by atoms with van der Waals surface area (Å²) in [4.78, 5) is 12.4. The zero-order valence-corrected chi connectivity index (χ0v) is 22.2. The van der Waals surface area contributed by atoms with Gasteiger partial charge in [0.1, 0.15) is 12.3 Å². The van der Waals surface area contributed by atoms with Gasteiger partial charge in [-0.25, -0.2) is 16.8 Å². The van der Waals surface area contributed by atoms with Crippen molar-refractivity contribution >= 4 is 54.6 Å². The van der Waals surface area contributed by atoms with Crippen LogP contribution in [0.25, 0.3) is 0 Å². The molecule has 0 aliphatic heterocycles. The summed E-state index contributed by atoms with van der Waals surface area (Å²) in [5, 5.41) is 1.76.